The first-order valence-electron chi connectivity index (χ1n) is 8.52. The Labute approximate surface area is 157 Å². The molecule has 3 rings (SSSR count). The van der Waals surface area contributed by atoms with Gasteiger partial charge in [-0.2, -0.15) is 0 Å². The second-order valence-corrected chi connectivity index (χ2v) is 6.07. The second-order valence-electron chi connectivity index (χ2n) is 6.07. The summed E-state index contributed by atoms with van der Waals surface area (Å²) in [5, 5.41) is 14.9. The fourth-order valence-corrected chi connectivity index (χ4v) is 3.05. The highest BCUT2D eigenvalue weighted by atomic mass is 16.5. The molecule has 9 heteroatoms. The van der Waals surface area contributed by atoms with E-state index in [0.717, 1.165) is 17.0 Å². The van der Waals surface area contributed by atoms with Crippen molar-refractivity contribution in [1.82, 2.24) is 25.5 Å². The first-order valence-corrected chi connectivity index (χ1v) is 8.52. The smallest absolute Gasteiger partial charge is 0.251 e. The number of nitrogens with zero attached hydrogens (tertiary/aromatic N) is 3. The molecule has 2 aliphatic heterocycles. The fraction of sp³-hybridized carbons (Fsp3) is 0.389. The molecule has 144 valence electrons. The first kappa shape index (κ1) is 18.7. The van der Waals surface area contributed by atoms with Gasteiger partial charge < -0.3 is 30.1 Å². The third-order valence-electron chi connectivity index (χ3n) is 4.47. The molecule has 0 spiro atoms. The maximum Gasteiger partial charge on any atom is 0.251 e. The number of hydrogen-bond acceptors (Lipinski definition) is 8. The molecule has 1 unspecified atom stereocenters. The molecular formula is C18H23N5O4. The number of nitrogens with one attached hydrogen (secondary N) is 2. The highest BCUT2D eigenvalue weighted by Crippen LogP contribution is 2.32. The minimum absolute atomic E-state index is 0.114. The van der Waals surface area contributed by atoms with Gasteiger partial charge in [0, 0.05) is 36.3 Å². The maximum absolute atomic E-state index is 12.5. The minimum Gasteiger partial charge on any atom is -0.495 e. The van der Waals surface area contributed by atoms with E-state index in [-0.39, 0.29) is 25.1 Å². The molecule has 1 aromatic heterocycles. The van der Waals surface area contributed by atoms with E-state index in [1.165, 1.54) is 6.33 Å². The highest BCUT2D eigenvalue weighted by molar-refractivity contribution is 5.96. The van der Waals surface area contributed by atoms with Gasteiger partial charge in [-0.05, 0) is 6.92 Å². The molecule has 0 aromatic carbocycles. The topological polar surface area (TPSA) is 109 Å². The van der Waals surface area contributed by atoms with Gasteiger partial charge in [0.15, 0.2) is 0 Å². The largest absolute Gasteiger partial charge is 0.495 e. The predicted octanol–water partition coefficient (Wildman–Crippen LogP) is -0.0549. The zero-order valence-corrected chi connectivity index (χ0v) is 15.5. The Morgan fingerprint density at radius 1 is 1.37 bits per heavy atom. The van der Waals surface area contributed by atoms with Crippen LogP contribution in [0.2, 0.25) is 0 Å². The molecule has 3 N–H and O–H groups in total. The Morgan fingerprint density at radius 3 is 2.89 bits per heavy atom. The van der Waals surface area contributed by atoms with Crippen LogP contribution in [0.15, 0.2) is 41.8 Å². The van der Waals surface area contributed by atoms with E-state index in [2.05, 4.69) is 20.6 Å². The maximum atomic E-state index is 12.5. The number of aliphatic hydroxyl groups is 1. The summed E-state index contributed by atoms with van der Waals surface area (Å²) in [6.45, 7) is 2.43. The SMILES string of the molecule is COC1=CNC2C(C(=O)NCCO)=CN(Cc3ncnc(OC)c3C)C2=C1. The number of carbonyl (C=O) groups is 1. The predicted molar refractivity (Wildman–Crippen MR) is 97.1 cm³/mol. The number of allylic oxidation sites excluding steroid dienone is 1. The summed E-state index contributed by atoms with van der Waals surface area (Å²) >= 11 is 0. The van der Waals surface area contributed by atoms with Crippen molar-refractivity contribution in [2.75, 3.05) is 27.4 Å². The van der Waals surface area contributed by atoms with E-state index >= 15 is 0 Å². The van der Waals surface area contributed by atoms with Crippen molar-refractivity contribution in [2.24, 2.45) is 0 Å². The van der Waals surface area contributed by atoms with Crippen LogP contribution in [0, 0.1) is 6.92 Å². The number of carbonyl (C=O) groups excluding carboxylic acids is 1. The van der Waals surface area contributed by atoms with Gasteiger partial charge in [0.25, 0.3) is 5.91 Å². The molecule has 2 aliphatic rings. The zero-order chi connectivity index (χ0) is 19.4. The third kappa shape index (κ3) is 3.72. The Balaban J connectivity index is 1.91. The van der Waals surface area contributed by atoms with Crippen LogP contribution >= 0.6 is 0 Å². The van der Waals surface area contributed by atoms with Gasteiger partial charge in [0.05, 0.1) is 44.7 Å². The number of aromatic nitrogens is 2. The van der Waals surface area contributed by atoms with Crippen molar-refractivity contribution < 1.29 is 19.4 Å². The summed E-state index contributed by atoms with van der Waals surface area (Å²) in [7, 11) is 3.16. The summed E-state index contributed by atoms with van der Waals surface area (Å²) in [6, 6.07) is -0.299. The van der Waals surface area contributed by atoms with Crippen LogP contribution in [-0.2, 0) is 16.1 Å². The molecule has 0 bridgehead atoms. The molecule has 0 radical (unpaired) electrons. The average Bonchev–Trinajstić information content (AvgIpc) is 3.05. The third-order valence-corrected chi connectivity index (χ3v) is 4.47. The van der Waals surface area contributed by atoms with E-state index in [1.54, 1.807) is 26.6 Å². The summed E-state index contributed by atoms with van der Waals surface area (Å²) in [5.41, 5.74) is 3.07. The van der Waals surface area contributed by atoms with Gasteiger partial charge in [0.1, 0.15) is 12.1 Å². The zero-order valence-electron chi connectivity index (χ0n) is 15.5. The van der Waals surface area contributed by atoms with Gasteiger partial charge >= 0.3 is 0 Å². The standard InChI is InChI=1S/C18H23N5O4/c1-11-14(21-10-22-18(11)27-3)9-23-8-13(17(25)19-4-5-24)16-15(23)6-12(26-2)7-20-16/h6-8,10,16,20,24H,4-5,9H2,1-3H3,(H,19,25). The quantitative estimate of drug-likeness (QED) is 0.610. The van der Waals surface area contributed by atoms with Crippen molar-refractivity contribution in [3.63, 3.8) is 0 Å². The van der Waals surface area contributed by atoms with Crippen LogP contribution in [0.5, 0.6) is 5.88 Å². The summed E-state index contributed by atoms with van der Waals surface area (Å²) in [4.78, 5) is 22.9. The van der Waals surface area contributed by atoms with Crippen molar-refractivity contribution >= 4 is 5.91 Å². The summed E-state index contributed by atoms with van der Waals surface area (Å²) in [6.07, 6.45) is 6.86. The van der Waals surface area contributed by atoms with Gasteiger partial charge in [-0.25, -0.2) is 9.97 Å². The minimum atomic E-state index is -0.299. The lowest BCUT2D eigenvalue weighted by atomic mass is 10.0. The molecular weight excluding hydrogens is 350 g/mol. The fourth-order valence-electron chi connectivity index (χ4n) is 3.05. The lowest BCUT2D eigenvalue weighted by Gasteiger charge is -2.26. The highest BCUT2D eigenvalue weighted by Gasteiger charge is 2.35. The van der Waals surface area contributed by atoms with Crippen LogP contribution < -0.4 is 15.4 Å². The Hall–Kier alpha value is -3.07. The van der Waals surface area contributed by atoms with E-state index in [9.17, 15) is 4.79 Å². The molecule has 0 fully saturated rings. The monoisotopic (exact) mass is 373 g/mol. The van der Waals surface area contributed by atoms with E-state index in [4.69, 9.17) is 14.6 Å². The average molecular weight is 373 g/mol. The Morgan fingerprint density at radius 2 is 2.19 bits per heavy atom. The molecule has 3 heterocycles. The van der Waals surface area contributed by atoms with Crippen LogP contribution in [-0.4, -0.2) is 59.3 Å². The molecule has 1 atom stereocenters. The van der Waals surface area contributed by atoms with E-state index in [0.29, 0.717) is 23.8 Å². The molecule has 0 saturated carbocycles. The van der Waals surface area contributed by atoms with Gasteiger partial charge in [-0.3, -0.25) is 4.79 Å². The van der Waals surface area contributed by atoms with Crippen molar-refractivity contribution in [3.8, 4) is 5.88 Å². The number of methoxy groups -OCH3 is 2. The van der Waals surface area contributed by atoms with Gasteiger partial charge in [-0.15, -0.1) is 0 Å². The molecule has 9 nitrogen and oxygen atoms in total. The van der Waals surface area contributed by atoms with Crippen LogP contribution in [0.3, 0.4) is 0 Å². The van der Waals surface area contributed by atoms with E-state index in [1.807, 2.05) is 17.9 Å². The number of aliphatic hydroxyl groups excluding tert-OH is 1. The molecule has 1 aromatic rings. The number of hydrogen-bond donors (Lipinski definition) is 3. The van der Waals surface area contributed by atoms with Crippen LogP contribution in [0.25, 0.3) is 0 Å². The normalized spacial score (nSPS) is 18.0. The van der Waals surface area contributed by atoms with Crippen LogP contribution in [0.1, 0.15) is 11.3 Å². The van der Waals surface area contributed by atoms with Crippen molar-refractivity contribution in [3.05, 3.63) is 53.1 Å². The molecule has 0 saturated heterocycles. The lowest BCUT2D eigenvalue weighted by Crippen LogP contribution is -2.38. The Kier molecular flexibility index (Phi) is 5.60. The molecule has 1 amide bonds. The number of rotatable bonds is 7. The Bertz CT molecular complexity index is 818. The second kappa shape index (κ2) is 8.09. The number of fused-ring (bicyclic) bond motifs is 1. The first-order chi connectivity index (χ1) is 13.1. The number of dihydropyridines is 1. The summed E-state index contributed by atoms with van der Waals surface area (Å²) in [5.74, 6) is 0.948. The van der Waals surface area contributed by atoms with Gasteiger partial charge in [0.2, 0.25) is 5.88 Å². The number of amides is 1. The number of ether oxygens (including phenoxy) is 2. The molecule has 27 heavy (non-hydrogen) atoms. The molecule has 0 aliphatic carbocycles. The lowest BCUT2D eigenvalue weighted by molar-refractivity contribution is -0.117. The van der Waals surface area contributed by atoms with Crippen molar-refractivity contribution in [2.45, 2.75) is 19.5 Å². The van der Waals surface area contributed by atoms with E-state index < -0.39 is 0 Å². The van der Waals surface area contributed by atoms with Crippen LogP contribution in [0.4, 0.5) is 0 Å². The van der Waals surface area contributed by atoms with Gasteiger partial charge in [-0.1, -0.05) is 0 Å². The van der Waals surface area contributed by atoms with Crippen molar-refractivity contribution in [1.29, 1.82) is 0 Å². The summed E-state index contributed by atoms with van der Waals surface area (Å²) < 4.78 is 10.6.